The highest BCUT2D eigenvalue weighted by molar-refractivity contribution is 4.51. The van der Waals surface area contributed by atoms with Crippen LogP contribution in [0.15, 0.2) is 0 Å². The van der Waals surface area contributed by atoms with Crippen molar-refractivity contribution in [3.05, 3.63) is 0 Å². The summed E-state index contributed by atoms with van der Waals surface area (Å²) >= 11 is 0. The summed E-state index contributed by atoms with van der Waals surface area (Å²) in [6, 6.07) is 0. The fourth-order valence-corrected chi connectivity index (χ4v) is 1.13. The van der Waals surface area contributed by atoms with Gasteiger partial charge in [0.1, 0.15) is 6.10 Å². The second kappa shape index (κ2) is 8.48. The Hall–Kier alpha value is -0.120. The Labute approximate surface area is 81.0 Å². The van der Waals surface area contributed by atoms with Crippen LogP contribution in [0, 0.1) is 0 Å². The Balaban J connectivity index is 3.28. The summed E-state index contributed by atoms with van der Waals surface area (Å²) in [5.74, 6) is 0. The van der Waals surface area contributed by atoms with Crippen LogP contribution in [0.4, 0.5) is 0 Å². The molecule has 0 aliphatic rings. The van der Waals surface area contributed by atoms with E-state index in [0.29, 0.717) is 6.61 Å². The number of unbranched alkanes of at least 4 members (excludes halogenated alkanes) is 3. The number of methoxy groups -OCH3 is 1. The van der Waals surface area contributed by atoms with Crippen LogP contribution < -0.4 is 0 Å². The maximum atomic E-state index is 9.16. The lowest BCUT2D eigenvalue weighted by molar-refractivity contribution is -0.175. The summed E-state index contributed by atoms with van der Waals surface area (Å²) < 4.78 is 10.3. The molecule has 0 fully saturated rings. The molecule has 0 saturated carbocycles. The molecule has 0 rings (SSSR count). The fourth-order valence-electron chi connectivity index (χ4n) is 1.13. The lowest BCUT2D eigenvalue weighted by Crippen LogP contribution is -2.28. The number of aliphatic hydroxyl groups is 1. The molecule has 0 aromatic rings. The fraction of sp³-hybridized carbons (Fsp3) is 1.00. The molecule has 0 aromatic carbocycles. The summed E-state index contributed by atoms with van der Waals surface area (Å²) in [7, 11) is 1.55. The average molecular weight is 190 g/mol. The molecule has 2 unspecified atom stereocenters. The summed E-state index contributed by atoms with van der Waals surface area (Å²) in [4.78, 5) is 0. The van der Waals surface area contributed by atoms with Gasteiger partial charge in [0.2, 0.25) is 0 Å². The normalized spacial score (nSPS) is 15.7. The van der Waals surface area contributed by atoms with E-state index in [1.54, 1.807) is 14.0 Å². The van der Waals surface area contributed by atoms with E-state index < -0.39 is 12.4 Å². The molecule has 0 aliphatic carbocycles. The van der Waals surface area contributed by atoms with E-state index in [9.17, 15) is 0 Å². The maximum absolute atomic E-state index is 9.16. The van der Waals surface area contributed by atoms with Gasteiger partial charge in [-0.1, -0.05) is 26.2 Å². The first-order valence-corrected chi connectivity index (χ1v) is 5.04. The minimum absolute atomic E-state index is 0.471. The van der Waals surface area contributed by atoms with Crippen molar-refractivity contribution in [1.82, 2.24) is 0 Å². The van der Waals surface area contributed by atoms with E-state index in [-0.39, 0.29) is 0 Å². The van der Waals surface area contributed by atoms with E-state index in [1.807, 2.05) is 0 Å². The minimum Gasteiger partial charge on any atom is -0.388 e. The molecule has 3 heteroatoms. The molecule has 0 heterocycles. The molecule has 2 atom stereocenters. The van der Waals surface area contributed by atoms with Crippen LogP contribution in [0.3, 0.4) is 0 Å². The Bertz CT molecular complexity index is 104. The lowest BCUT2D eigenvalue weighted by atomic mass is 10.2. The van der Waals surface area contributed by atoms with Crippen molar-refractivity contribution in [2.75, 3.05) is 13.7 Å². The van der Waals surface area contributed by atoms with Crippen molar-refractivity contribution < 1.29 is 14.6 Å². The van der Waals surface area contributed by atoms with E-state index in [4.69, 9.17) is 14.6 Å². The molecular weight excluding hydrogens is 168 g/mol. The van der Waals surface area contributed by atoms with Crippen LogP contribution in [0.1, 0.15) is 39.5 Å². The summed E-state index contributed by atoms with van der Waals surface area (Å²) in [5, 5.41) is 9.16. The highest BCUT2D eigenvalue weighted by Crippen LogP contribution is 2.04. The van der Waals surface area contributed by atoms with Crippen molar-refractivity contribution in [1.29, 1.82) is 0 Å². The van der Waals surface area contributed by atoms with Crippen molar-refractivity contribution in [3.63, 3.8) is 0 Å². The average Bonchev–Trinajstić information content (AvgIpc) is 2.10. The quantitative estimate of drug-likeness (QED) is 0.469. The molecule has 0 bridgehead atoms. The van der Waals surface area contributed by atoms with Gasteiger partial charge in [0.15, 0.2) is 6.29 Å². The van der Waals surface area contributed by atoms with Gasteiger partial charge in [0, 0.05) is 13.7 Å². The van der Waals surface area contributed by atoms with Crippen molar-refractivity contribution in [2.45, 2.75) is 51.9 Å². The molecule has 0 aliphatic heterocycles. The number of rotatable bonds is 8. The van der Waals surface area contributed by atoms with Crippen LogP contribution in [-0.2, 0) is 9.47 Å². The largest absolute Gasteiger partial charge is 0.388 e. The Morgan fingerprint density at radius 1 is 1.23 bits per heavy atom. The van der Waals surface area contributed by atoms with Gasteiger partial charge in [0.25, 0.3) is 0 Å². The third-order valence-electron chi connectivity index (χ3n) is 1.91. The third-order valence-corrected chi connectivity index (χ3v) is 1.91. The number of aliphatic hydroxyl groups excluding tert-OH is 1. The number of hydrogen-bond acceptors (Lipinski definition) is 3. The van der Waals surface area contributed by atoms with Gasteiger partial charge in [-0.2, -0.15) is 0 Å². The molecule has 0 aromatic heterocycles. The third kappa shape index (κ3) is 6.99. The number of hydrogen-bond donors (Lipinski definition) is 1. The van der Waals surface area contributed by atoms with E-state index in [1.165, 1.54) is 19.3 Å². The Kier molecular flexibility index (Phi) is 8.40. The zero-order valence-electron chi connectivity index (χ0n) is 8.95. The Morgan fingerprint density at radius 2 is 1.92 bits per heavy atom. The van der Waals surface area contributed by atoms with Gasteiger partial charge >= 0.3 is 0 Å². The first-order valence-electron chi connectivity index (χ1n) is 5.04. The van der Waals surface area contributed by atoms with Crippen LogP contribution >= 0.6 is 0 Å². The summed E-state index contributed by atoms with van der Waals surface area (Å²) in [6.07, 6.45) is 3.67. The van der Waals surface area contributed by atoms with Crippen LogP contribution in [-0.4, -0.2) is 31.2 Å². The molecule has 80 valence electrons. The molecule has 3 nitrogen and oxygen atoms in total. The highest BCUT2D eigenvalue weighted by atomic mass is 16.7. The standard InChI is InChI=1S/C10H22O3/c1-4-5-6-7-8-13-10(12-3)9(2)11/h9-11H,4-8H2,1-3H3. The van der Waals surface area contributed by atoms with E-state index >= 15 is 0 Å². The molecule has 0 spiro atoms. The Morgan fingerprint density at radius 3 is 2.38 bits per heavy atom. The van der Waals surface area contributed by atoms with Crippen molar-refractivity contribution >= 4 is 0 Å². The zero-order valence-corrected chi connectivity index (χ0v) is 8.95. The second-order valence-corrected chi connectivity index (χ2v) is 3.28. The first-order chi connectivity index (χ1) is 6.22. The van der Waals surface area contributed by atoms with Gasteiger partial charge in [-0.05, 0) is 13.3 Å². The predicted octanol–water partition coefficient (Wildman–Crippen LogP) is 1.94. The predicted molar refractivity (Wildman–Crippen MR) is 52.6 cm³/mol. The van der Waals surface area contributed by atoms with Gasteiger partial charge < -0.3 is 14.6 Å². The molecule has 1 N–H and O–H groups in total. The molecule has 0 radical (unpaired) electrons. The topological polar surface area (TPSA) is 38.7 Å². The van der Waals surface area contributed by atoms with Gasteiger partial charge in [-0.3, -0.25) is 0 Å². The number of ether oxygens (including phenoxy) is 2. The van der Waals surface area contributed by atoms with Crippen LogP contribution in [0.25, 0.3) is 0 Å². The zero-order chi connectivity index (χ0) is 10.1. The maximum Gasteiger partial charge on any atom is 0.182 e. The molecular formula is C10H22O3. The van der Waals surface area contributed by atoms with Gasteiger partial charge in [-0.15, -0.1) is 0 Å². The lowest BCUT2D eigenvalue weighted by Gasteiger charge is -2.18. The summed E-state index contributed by atoms with van der Waals surface area (Å²) in [6.45, 7) is 4.51. The van der Waals surface area contributed by atoms with Crippen LogP contribution in [0.2, 0.25) is 0 Å². The van der Waals surface area contributed by atoms with E-state index in [0.717, 1.165) is 6.42 Å². The second-order valence-electron chi connectivity index (χ2n) is 3.28. The van der Waals surface area contributed by atoms with Gasteiger partial charge in [0.05, 0.1) is 0 Å². The SMILES string of the molecule is CCCCCCOC(OC)C(C)O. The molecule has 0 saturated heterocycles. The molecule has 13 heavy (non-hydrogen) atoms. The highest BCUT2D eigenvalue weighted by Gasteiger charge is 2.12. The van der Waals surface area contributed by atoms with Gasteiger partial charge in [-0.25, -0.2) is 0 Å². The van der Waals surface area contributed by atoms with Crippen molar-refractivity contribution in [2.24, 2.45) is 0 Å². The smallest absolute Gasteiger partial charge is 0.182 e. The molecule has 0 amide bonds. The summed E-state index contributed by atoms with van der Waals surface area (Å²) in [5.41, 5.74) is 0. The van der Waals surface area contributed by atoms with E-state index in [2.05, 4.69) is 6.92 Å². The van der Waals surface area contributed by atoms with Crippen LogP contribution in [0.5, 0.6) is 0 Å². The minimum atomic E-state index is -0.559. The van der Waals surface area contributed by atoms with Crippen molar-refractivity contribution in [3.8, 4) is 0 Å². The first kappa shape index (κ1) is 12.9. The monoisotopic (exact) mass is 190 g/mol.